The van der Waals surface area contributed by atoms with Gasteiger partial charge in [0.2, 0.25) is 5.91 Å². The van der Waals surface area contributed by atoms with Crippen molar-refractivity contribution >= 4 is 34.8 Å². The lowest BCUT2D eigenvalue weighted by molar-refractivity contribution is -0.122. The van der Waals surface area contributed by atoms with E-state index in [9.17, 15) is 14.4 Å². The van der Waals surface area contributed by atoms with Gasteiger partial charge in [-0.25, -0.2) is 9.97 Å². The molecule has 33 heavy (non-hydrogen) atoms. The average Bonchev–Trinajstić information content (AvgIpc) is 2.80. The first-order valence-electron chi connectivity index (χ1n) is 10.4. The van der Waals surface area contributed by atoms with E-state index < -0.39 is 5.56 Å². The number of hydrogen-bond donors (Lipinski definition) is 1. The van der Waals surface area contributed by atoms with Gasteiger partial charge >= 0.3 is 0 Å². The number of nitrogens with zero attached hydrogens (tertiary/aromatic N) is 3. The Hall–Kier alpha value is -3.84. The van der Waals surface area contributed by atoms with Crippen molar-refractivity contribution in [3.8, 4) is 22.5 Å². The number of nitrogens with one attached hydrogen (secondary N) is 1. The van der Waals surface area contributed by atoms with Crippen molar-refractivity contribution in [3.63, 3.8) is 0 Å². The predicted molar refractivity (Wildman–Crippen MR) is 128 cm³/mol. The highest BCUT2D eigenvalue weighted by atomic mass is 35.5. The van der Waals surface area contributed by atoms with Gasteiger partial charge in [-0.2, -0.15) is 0 Å². The molecule has 0 saturated heterocycles. The van der Waals surface area contributed by atoms with E-state index in [0.717, 1.165) is 11.8 Å². The van der Waals surface area contributed by atoms with Gasteiger partial charge in [-0.05, 0) is 43.7 Å². The maximum Gasteiger partial charge on any atom is 0.263 e. The van der Waals surface area contributed by atoms with Gasteiger partial charge in [0.05, 0.1) is 5.39 Å². The van der Waals surface area contributed by atoms with Gasteiger partial charge in [0.25, 0.3) is 5.56 Å². The van der Waals surface area contributed by atoms with Crippen LogP contribution in [0.15, 0.2) is 65.6 Å². The number of carbonyl (C=O) groups excluding carboxylic acids is 2. The van der Waals surface area contributed by atoms with Crippen LogP contribution < -0.4 is 10.9 Å². The summed E-state index contributed by atoms with van der Waals surface area (Å²) in [5.41, 5.74) is 2.39. The van der Waals surface area contributed by atoms with Gasteiger partial charge < -0.3 is 5.32 Å². The van der Waals surface area contributed by atoms with Gasteiger partial charge in [-0.1, -0.05) is 41.9 Å². The number of amides is 1. The van der Waals surface area contributed by atoms with Crippen LogP contribution in [0.4, 0.5) is 0 Å². The van der Waals surface area contributed by atoms with E-state index in [2.05, 4.69) is 15.3 Å². The van der Waals surface area contributed by atoms with Crippen LogP contribution in [0.3, 0.4) is 0 Å². The Labute approximate surface area is 195 Å². The topological polar surface area (TPSA) is 93.9 Å². The van der Waals surface area contributed by atoms with E-state index in [1.807, 2.05) is 19.9 Å². The fourth-order valence-electron chi connectivity index (χ4n) is 3.56. The molecule has 0 atom stereocenters. The fourth-order valence-corrected chi connectivity index (χ4v) is 3.75. The number of aldehydes is 1. The number of rotatable bonds is 6. The quantitative estimate of drug-likeness (QED) is 0.437. The highest BCUT2D eigenvalue weighted by Gasteiger charge is 2.17. The second-order valence-electron chi connectivity index (χ2n) is 7.90. The Morgan fingerprint density at radius 1 is 1.09 bits per heavy atom. The van der Waals surface area contributed by atoms with Crippen LogP contribution in [0.25, 0.3) is 33.5 Å². The highest BCUT2D eigenvalue weighted by Crippen LogP contribution is 2.25. The van der Waals surface area contributed by atoms with E-state index in [-0.39, 0.29) is 29.5 Å². The van der Waals surface area contributed by atoms with E-state index in [4.69, 9.17) is 11.6 Å². The molecule has 0 aliphatic heterocycles. The van der Waals surface area contributed by atoms with E-state index in [1.54, 1.807) is 54.7 Å². The summed E-state index contributed by atoms with van der Waals surface area (Å²) in [6.07, 6.45) is 2.37. The average molecular weight is 461 g/mol. The molecule has 166 valence electrons. The minimum absolute atomic E-state index is 0.0744. The summed E-state index contributed by atoms with van der Waals surface area (Å²) in [6, 6.07) is 15.6. The summed E-state index contributed by atoms with van der Waals surface area (Å²) >= 11 is 6.16. The van der Waals surface area contributed by atoms with Gasteiger partial charge in [0.1, 0.15) is 18.7 Å². The zero-order valence-corrected chi connectivity index (χ0v) is 18.8. The lowest BCUT2D eigenvalue weighted by Crippen LogP contribution is -2.37. The molecule has 2 aromatic carbocycles. The number of fused-ring (bicyclic) bond motifs is 1. The third kappa shape index (κ3) is 4.83. The molecule has 1 N–H and O–H groups in total. The summed E-state index contributed by atoms with van der Waals surface area (Å²) < 4.78 is 1.33. The van der Waals surface area contributed by atoms with Crippen LogP contribution in [0.5, 0.6) is 0 Å². The van der Waals surface area contributed by atoms with Crippen molar-refractivity contribution in [2.75, 3.05) is 0 Å². The molecule has 0 unspecified atom stereocenters. The van der Waals surface area contributed by atoms with Crippen molar-refractivity contribution in [1.29, 1.82) is 0 Å². The third-order valence-electron chi connectivity index (χ3n) is 5.00. The number of pyridine rings is 1. The fraction of sp³-hybridized carbons (Fsp3) is 0.160. The number of benzene rings is 2. The standard InChI is InChI=1S/C25H21ClN4O3/c1-15(2)28-22(32)13-30-24(18-7-4-8-20(26)10-18)29-23-21(25(30)33)11-19(12-27-23)17-6-3-5-16(9-17)14-31/h3-12,14-15H,13H2,1-2H3,(H,28,32). The maximum absolute atomic E-state index is 13.5. The molecule has 7 nitrogen and oxygen atoms in total. The molecule has 8 heteroatoms. The first-order chi connectivity index (χ1) is 15.9. The zero-order valence-electron chi connectivity index (χ0n) is 18.1. The maximum atomic E-state index is 13.5. The second-order valence-corrected chi connectivity index (χ2v) is 8.33. The summed E-state index contributed by atoms with van der Waals surface area (Å²) in [4.78, 5) is 46.3. The third-order valence-corrected chi connectivity index (χ3v) is 5.24. The first-order valence-corrected chi connectivity index (χ1v) is 10.7. The summed E-state index contributed by atoms with van der Waals surface area (Å²) in [7, 11) is 0. The largest absolute Gasteiger partial charge is 0.352 e. The van der Waals surface area contributed by atoms with E-state index in [0.29, 0.717) is 27.5 Å². The molecule has 0 fully saturated rings. The van der Waals surface area contributed by atoms with Crippen molar-refractivity contribution in [2.24, 2.45) is 0 Å². The van der Waals surface area contributed by atoms with Crippen LogP contribution in [0.1, 0.15) is 24.2 Å². The molecule has 0 spiro atoms. The van der Waals surface area contributed by atoms with Crippen LogP contribution in [-0.4, -0.2) is 32.8 Å². The molecule has 0 radical (unpaired) electrons. The lowest BCUT2D eigenvalue weighted by atomic mass is 10.0. The van der Waals surface area contributed by atoms with Gasteiger partial charge in [-0.3, -0.25) is 19.0 Å². The number of halogens is 1. The van der Waals surface area contributed by atoms with Gasteiger partial charge in [0, 0.05) is 34.0 Å². The predicted octanol–water partition coefficient (Wildman–Crippen LogP) is 4.12. The Balaban J connectivity index is 1.91. The Morgan fingerprint density at radius 3 is 2.58 bits per heavy atom. The van der Waals surface area contributed by atoms with Crippen molar-refractivity contribution in [1.82, 2.24) is 19.9 Å². The molecule has 4 aromatic rings. The van der Waals surface area contributed by atoms with Gasteiger partial charge in [0.15, 0.2) is 5.65 Å². The molecule has 4 rings (SSSR count). The van der Waals surface area contributed by atoms with Crippen LogP contribution in [0.2, 0.25) is 5.02 Å². The Bertz CT molecular complexity index is 1430. The molecular formula is C25H21ClN4O3. The summed E-state index contributed by atoms with van der Waals surface area (Å²) in [5, 5.41) is 3.56. The minimum atomic E-state index is -0.394. The SMILES string of the molecule is CC(C)NC(=O)Cn1c(-c2cccc(Cl)c2)nc2ncc(-c3cccc(C=O)c3)cc2c1=O. The monoisotopic (exact) mass is 460 g/mol. The highest BCUT2D eigenvalue weighted by molar-refractivity contribution is 6.30. The molecule has 0 bridgehead atoms. The van der Waals surface area contributed by atoms with Crippen molar-refractivity contribution in [2.45, 2.75) is 26.4 Å². The lowest BCUT2D eigenvalue weighted by Gasteiger charge is -2.15. The van der Waals surface area contributed by atoms with Crippen molar-refractivity contribution < 1.29 is 9.59 Å². The number of carbonyl (C=O) groups is 2. The molecule has 2 heterocycles. The second kappa shape index (κ2) is 9.34. The Morgan fingerprint density at radius 2 is 1.85 bits per heavy atom. The summed E-state index contributed by atoms with van der Waals surface area (Å²) in [5.74, 6) is -0.00330. The molecule has 1 amide bonds. The van der Waals surface area contributed by atoms with Gasteiger partial charge in [-0.15, -0.1) is 0 Å². The molecule has 0 saturated carbocycles. The van der Waals surface area contributed by atoms with Crippen LogP contribution in [-0.2, 0) is 11.3 Å². The first kappa shape index (κ1) is 22.4. The zero-order chi connectivity index (χ0) is 23.5. The molecule has 0 aliphatic carbocycles. The van der Waals surface area contributed by atoms with Crippen molar-refractivity contribution in [3.05, 3.63) is 81.7 Å². The summed E-state index contributed by atoms with van der Waals surface area (Å²) in [6.45, 7) is 3.49. The smallest absolute Gasteiger partial charge is 0.263 e. The van der Waals surface area contributed by atoms with Crippen LogP contribution in [0, 0.1) is 0 Å². The number of aromatic nitrogens is 3. The minimum Gasteiger partial charge on any atom is -0.352 e. The molecule has 0 aliphatic rings. The molecular weight excluding hydrogens is 440 g/mol. The van der Waals surface area contributed by atoms with E-state index >= 15 is 0 Å². The number of hydrogen-bond acceptors (Lipinski definition) is 5. The van der Waals surface area contributed by atoms with Crippen LogP contribution >= 0.6 is 11.6 Å². The normalized spacial score (nSPS) is 11.0. The Kier molecular flexibility index (Phi) is 6.33. The van der Waals surface area contributed by atoms with E-state index in [1.165, 1.54) is 4.57 Å². The molecule has 2 aromatic heterocycles.